The SMILES string of the molecule is CN(C)NC(=O)c1ccnc(F)c1F. The second-order valence-electron chi connectivity index (χ2n) is 2.80. The molecule has 1 heterocycles. The van der Waals surface area contributed by atoms with Crippen LogP contribution in [0.1, 0.15) is 10.4 Å². The molecule has 0 radical (unpaired) electrons. The van der Waals surface area contributed by atoms with Crippen molar-refractivity contribution < 1.29 is 13.6 Å². The first kappa shape index (κ1) is 10.5. The van der Waals surface area contributed by atoms with Crippen molar-refractivity contribution in [3.8, 4) is 0 Å². The largest absolute Gasteiger partial charge is 0.285 e. The van der Waals surface area contributed by atoms with E-state index in [1.807, 2.05) is 0 Å². The Hall–Kier alpha value is -1.56. The van der Waals surface area contributed by atoms with Gasteiger partial charge in [-0.15, -0.1) is 0 Å². The van der Waals surface area contributed by atoms with Gasteiger partial charge in [0.05, 0.1) is 5.56 Å². The van der Waals surface area contributed by atoms with E-state index in [4.69, 9.17) is 0 Å². The van der Waals surface area contributed by atoms with Crippen LogP contribution in [0.4, 0.5) is 8.78 Å². The average Bonchev–Trinajstić information content (AvgIpc) is 2.08. The van der Waals surface area contributed by atoms with Gasteiger partial charge in [-0.1, -0.05) is 0 Å². The maximum Gasteiger partial charge on any atom is 0.268 e. The second kappa shape index (κ2) is 4.10. The van der Waals surface area contributed by atoms with Gasteiger partial charge in [0.2, 0.25) is 5.95 Å². The van der Waals surface area contributed by atoms with Crippen molar-refractivity contribution >= 4 is 5.91 Å². The molecule has 1 N–H and O–H groups in total. The van der Waals surface area contributed by atoms with Crippen molar-refractivity contribution in [2.45, 2.75) is 0 Å². The molecular weight excluding hydrogens is 192 g/mol. The second-order valence-corrected chi connectivity index (χ2v) is 2.80. The zero-order valence-corrected chi connectivity index (χ0v) is 7.71. The summed E-state index contributed by atoms with van der Waals surface area (Å²) in [4.78, 5) is 14.3. The molecule has 1 aromatic rings. The Morgan fingerprint density at radius 1 is 1.50 bits per heavy atom. The molecule has 0 saturated heterocycles. The zero-order valence-electron chi connectivity index (χ0n) is 7.71. The number of halogens is 2. The minimum atomic E-state index is -1.28. The minimum absolute atomic E-state index is 0.369. The molecule has 0 aliphatic rings. The summed E-state index contributed by atoms with van der Waals surface area (Å²) in [5.74, 6) is -3.24. The fraction of sp³-hybridized carbons (Fsp3) is 0.250. The Morgan fingerprint density at radius 3 is 2.71 bits per heavy atom. The third-order valence-electron chi connectivity index (χ3n) is 1.42. The molecule has 1 rings (SSSR count). The summed E-state index contributed by atoms with van der Waals surface area (Å²) in [5.41, 5.74) is 1.92. The number of nitrogens with zero attached hydrogens (tertiary/aromatic N) is 2. The zero-order chi connectivity index (χ0) is 10.7. The molecule has 6 heteroatoms. The molecule has 0 fully saturated rings. The van der Waals surface area contributed by atoms with Crippen LogP contribution < -0.4 is 5.43 Å². The number of rotatable bonds is 2. The van der Waals surface area contributed by atoms with E-state index in [9.17, 15) is 13.6 Å². The van der Waals surface area contributed by atoms with Crippen LogP contribution in [0.3, 0.4) is 0 Å². The highest BCUT2D eigenvalue weighted by Crippen LogP contribution is 2.08. The topological polar surface area (TPSA) is 45.2 Å². The van der Waals surface area contributed by atoms with E-state index in [1.165, 1.54) is 5.01 Å². The van der Waals surface area contributed by atoms with Gasteiger partial charge in [-0.2, -0.15) is 4.39 Å². The average molecular weight is 201 g/mol. The predicted molar refractivity (Wildman–Crippen MR) is 45.3 cm³/mol. The van der Waals surface area contributed by atoms with Crippen LogP contribution in [0.25, 0.3) is 0 Å². The Bertz CT molecular complexity index is 354. The van der Waals surface area contributed by atoms with E-state index in [1.54, 1.807) is 14.1 Å². The van der Waals surface area contributed by atoms with Gasteiger partial charge < -0.3 is 0 Å². The van der Waals surface area contributed by atoms with Gasteiger partial charge in [0, 0.05) is 20.3 Å². The third-order valence-corrected chi connectivity index (χ3v) is 1.42. The van der Waals surface area contributed by atoms with Gasteiger partial charge in [-0.25, -0.2) is 14.4 Å². The molecule has 0 atom stereocenters. The van der Waals surface area contributed by atoms with E-state index < -0.39 is 17.7 Å². The molecule has 0 aliphatic carbocycles. The summed E-state index contributed by atoms with van der Waals surface area (Å²) in [6.07, 6.45) is 1.03. The summed E-state index contributed by atoms with van der Waals surface area (Å²) < 4.78 is 25.6. The van der Waals surface area contributed by atoms with Gasteiger partial charge in [0.1, 0.15) is 0 Å². The van der Waals surface area contributed by atoms with Gasteiger partial charge in [-0.3, -0.25) is 10.2 Å². The molecular formula is C8H9F2N3O. The number of hydrazine groups is 1. The number of hydrogen-bond acceptors (Lipinski definition) is 3. The molecule has 4 nitrogen and oxygen atoms in total. The van der Waals surface area contributed by atoms with Crippen molar-refractivity contribution in [1.29, 1.82) is 0 Å². The van der Waals surface area contributed by atoms with E-state index in [0.29, 0.717) is 0 Å². The van der Waals surface area contributed by atoms with E-state index >= 15 is 0 Å². The van der Waals surface area contributed by atoms with Crippen molar-refractivity contribution in [3.63, 3.8) is 0 Å². The van der Waals surface area contributed by atoms with Crippen molar-refractivity contribution in [3.05, 3.63) is 29.6 Å². The maximum absolute atomic E-state index is 13.0. The van der Waals surface area contributed by atoms with E-state index in [2.05, 4.69) is 10.4 Å². The van der Waals surface area contributed by atoms with Crippen LogP contribution >= 0.6 is 0 Å². The van der Waals surface area contributed by atoms with Crippen LogP contribution in [-0.4, -0.2) is 30.0 Å². The van der Waals surface area contributed by atoms with E-state index in [0.717, 1.165) is 12.3 Å². The first-order chi connectivity index (χ1) is 6.52. The fourth-order valence-electron chi connectivity index (χ4n) is 0.857. The number of hydrogen-bond donors (Lipinski definition) is 1. The van der Waals surface area contributed by atoms with Crippen molar-refractivity contribution in [2.75, 3.05) is 14.1 Å². The first-order valence-corrected chi connectivity index (χ1v) is 3.80. The Labute approximate surface area is 79.5 Å². The lowest BCUT2D eigenvalue weighted by atomic mass is 10.2. The normalized spacial score (nSPS) is 10.4. The van der Waals surface area contributed by atoms with E-state index in [-0.39, 0.29) is 5.56 Å². The molecule has 14 heavy (non-hydrogen) atoms. The molecule has 1 aromatic heterocycles. The fourth-order valence-corrected chi connectivity index (χ4v) is 0.857. The van der Waals surface area contributed by atoms with Crippen molar-refractivity contribution in [1.82, 2.24) is 15.4 Å². The van der Waals surface area contributed by atoms with Crippen LogP contribution in [-0.2, 0) is 0 Å². The van der Waals surface area contributed by atoms with Gasteiger partial charge in [0.25, 0.3) is 5.91 Å². The Kier molecular flexibility index (Phi) is 3.08. The smallest absolute Gasteiger partial charge is 0.268 e. The molecule has 0 unspecified atom stereocenters. The number of carbonyl (C=O) groups is 1. The molecule has 0 bridgehead atoms. The quantitative estimate of drug-likeness (QED) is 0.562. The summed E-state index contributed by atoms with van der Waals surface area (Å²) in [6, 6.07) is 1.11. The number of amides is 1. The van der Waals surface area contributed by atoms with Crippen LogP contribution in [0.5, 0.6) is 0 Å². The molecule has 1 amide bonds. The number of nitrogens with one attached hydrogen (secondary N) is 1. The molecule has 76 valence electrons. The highest BCUT2D eigenvalue weighted by Gasteiger charge is 2.15. The Balaban J connectivity index is 2.96. The Morgan fingerprint density at radius 2 is 2.14 bits per heavy atom. The molecule has 0 spiro atoms. The highest BCUT2D eigenvalue weighted by molar-refractivity contribution is 5.93. The number of aromatic nitrogens is 1. The van der Waals surface area contributed by atoms with Gasteiger partial charge >= 0.3 is 0 Å². The third kappa shape index (κ3) is 2.23. The summed E-state index contributed by atoms with van der Waals surface area (Å²) in [6.45, 7) is 0. The highest BCUT2D eigenvalue weighted by atomic mass is 19.2. The first-order valence-electron chi connectivity index (χ1n) is 3.80. The summed E-state index contributed by atoms with van der Waals surface area (Å²) in [7, 11) is 3.13. The lowest BCUT2D eigenvalue weighted by molar-refractivity contribution is 0.0851. The predicted octanol–water partition coefficient (Wildman–Crippen LogP) is 0.566. The number of carbonyl (C=O) groups excluding carboxylic acids is 1. The van der Waals surface area contributed by atoms with Gasteiger partial charge in [-0.05, 0) is 6.07 Å². The lowest BCUT2D eigenvalue weighted by Crippen LogP contribution is -2.36. The van der Waals surface area contributed by atoms with Gasteiger partial charge in [0.15, 0.2) is 5.82 Å². The lowest BCUT2D eigenvalue weighted by Gasteiger charge is -2.11. The molecule has 0 aliphatic heterocycles. The standard InChI is InChI=1S/C8H9F2N3O/c1-13(2)12-8(14)5-3-4-11-7(10)6(5)9/h3-4H,1-2H3,(H,12,14). The van der Waals surface area contributed by atoms with Crippen LogP contribution in [0, 0.1) is 11.8 Å². The van der Waals surface area contributed by atoms with Crippen LogP contribution in [0.2, 0.25) is 0 Å². The van der Waals surface area contributed by atoms with Crippen molar-refractivity contribution in [2.24, 2.45) is 0 Å². The molecule has 0 saturated carbocycles. The maximum atomic E-state index is 13.0. The summed E-state index contributed by atoms with van der Waals surface area (Å²) >= 11 is 0. The summed E-state index contributed by atoms with van der Waals surface area (Å²) in [5, 5.41) is 1.33. The number of pyridine rings is 1. The van der Waals surface area contributed by atoms with Crippen LogP contribution in [0.15, 0.2) is 12.3 Å². The molecule has 0 aromatic carbocycles. The monoisotopic (exact) mass is 201 g/mol. The minimum Gasteiger partial charge on any atom is -0.285 e.